The fourth-order valence-corrected chi connectivity index (χ4v) is 0.562. The summed E-state index contributed by atoms with van der Waals surface area (Å²) in [6, 6.07) is 0. The lowest BCUT2D eigenvalue weighted by Crippen LogP contribution is -2.45. The van der Waals surface area contributed by atoms with Crippen LogP contribution in [0, 0.1) is 0 Å². The second-order valence-corrected chi connectivity index (χ2v) is 2.01. The first-order chi connectivity index (χ1) is 4.22. The van der Waals surface area contributed by atoms with Gasteiger partial charge in [-0.2, -0.15) is 5.12 Å². The van der Waals surface area contributed by atoms with E-state index in [9.17, 15) is 0 Å². The molecule has 0 aliphatic carbocycles. The van der Waals surface area contributed by atoms with Gasteiger partial charge in [-0.15, -0.1) is 0 Å². The standard InChI is InChI=1S/C6H17N3/c1-5-7-9(4)8(3)6-2/h7H,5-6H2,1-4H3. The molecule has 3 nitrogen and oxygen atoms in total. The quantitative estimate of drug-likeness (QED) is 0.554. The zero-order valence-electron chi connectivity index (χ0n) is 6.81. The average Bonchev–Trinajstić information content (AvgIpc) is 1.87. The molecule has 0 rings (SSSR count). The average molecular weight is 131 g/mol. The molecule has 0 amide bonds. The smallest absolute Gasteiger partial charge is 0.0176 e. The van der Waals surface area contributed by atoms with Crippen molar-refractivity contribution in [2.45, 2.75) is 13.8 Å². The van der Waals surface area contributed by atoms with Crippen molar-refractivity contribution in [3.63, 3.8) is 0 Å². The zero-order chi connectivity index (χ0) is 7.28. The van der Waals surface area contributed by atoms with E-state index in [-0.39, 0.29) is 0 Å². The molecule has 9 heavy (non-hydrogen) atoms. The maximum atomic E-state index is 3.16. The Morgan fingerprint density at radius 2 is 1.78 bits per heavy atom. The maximum Gasteiger partial charge on any atom is 0.0176 e. The lowest BCUT2D eigenvalue weighted by molar-refractivity contribution is -0.0166. The summed E-state index contributed by atoms with van der Waals surface area (Å²) in [5.74, 6) is 0. The number of nitrogens with one attached hydrogen (secondary N) is 1. The topological polar surface area (TPSA) is 18.5 Å². The zero-order valence-corrected chi connectivity index (χ0v) is 6.81. The molecule has 0 saturated heterocycles. The molecular weight excluding hydrogens is 114 g/mol. The lowest BCUT2D eigenvalue weighted by atomic mass is 10.7. The molecule has 0 saturated carbocycles. The SMILES string of the molecule is CCNN(C)N(C)CC. The highest BCUT2D eigenvalue weighted by Gasteiger charge is 1.98. The molecule has 56 valence electrons. The summed E-state index contributed by atoms with van der Waals surface area (Å²) in [5.41, 5.74) is 3.16. The summed E-state index contributed by atoms with van der Waals surface area (Å²) in [6.45, 7) is 6.21. The van der Waals surface area contributed by atoms with Crippen molar-refractivity contribution < 1.29 is 0 Å². The Morgan fingerprint density at radius 3 is 2.11 bits per heavy atom. The molecule has 0 bridgehead atoms. The highest BCUT2D eigenvalue weighted by atomic mass is 15.8. The van der Waals surface area contributed by atoms with Crippen molar-refractivity contribution >= 4 is 0 Å². The van der Waals surface area contributed by atoms with Gasteiger partial charge in [0.15, 0.2) is 0 Å². The number of hydrazine groups is 2. The highest BCUT2D eigenvalue weighted by molar-refractivity contribution is 4.35. The van der Waals surface area contributed by atoms with Crippen LogP contribution in [0.15, 0.2) is 0 Å². The third kappa shape index (κ3) is 3.46. The molecule has 1 N–H and O–H groups in total. The monoisotopic (exact) mass is 131 g/mol. The van der Waals surface area contributed by atoms with Gasteiger partial charge >= 0.3 is 0 Å². The van der Waals surface area contributed by atoms with E-state index in [0.29, 0.717) is 0 Å². The number of nitrogens with zero attached hydrogens (tertiary/aromatic N) is 2. The van der Waals surface area contributed by atoms with Crippen LogP contribution in [0.2, 0.25) is 0 Å². The van der Waals surface area contributed by atoms with Crippen LogP contribution in [0.4, 0.5) is 0 Å². The van der Waals surface area contributed by atoms with E-state index in [1.165, 1.54) is 0 Å². The minimum atomic E-state index is 0.973. The number of hydrogen-bond acceptors (Lipinski definition) is 3. The highest BCUT2D eigenvalue weighted by Crippen LogP contribution is 1.81. The molecule has 0 fully saturated rings. The number of rotatable bonds is 4. The third-order valence-electron chi connectivity index (χ3n) is 1.36. The lowest BCUT2D eigenvalue weighted by Gasteiger charge is -2.26. The van der Waals surface area contributed by atoms with Crippen molar-refractivity contribution in [3.8, 4) is 0 Å². The summed E-state index contributed by atoms with van der Waals surface area (Å²) in [6.07, 6.45) is 0. The van der Waals surface area contributed by atoms with Gasteiger partial charge in [0.2, 0.25) is 0 Å². The van der Waals surface area contributed by atoms with E-state index in [2.05, 4.69) is 24.3 Å². The van der Waals surface area contributed by atoms with Gasteiger partial charge in [-0.05, 0) is 0 Å². The maximum absolute atomic E-state index is 3.16. The molecule has 0 aromatic heterocycles. The van der Waals surface area contributed by atoms with E-state index in [0.717, 1.165) is 13.1 Å². The van der Waals surface area contributed by atoms with Crippen molar-refractivity contribution in [1.29, 1.82) is 0 Å². The molecule has 0 aromatic carbocycles. The van der Waals surface area contributed by atoms with Crippen LogP contribution in [-0.2, 0) is 0 Å². The fraction of sp³-hybridized carbons (Fsp3) is 1.00. The van der Waals surface area contributed by atoms with Gasteiger partial charge in [-0.1, -0.05) is 13.8 Å². The van der Waals surface area contributed by atoms with E-state index in [1.807, 2.05) is 19.2 Å². The second-order valence-electron chi connectivity index (χ2n) is 2.01. The Bertz CT molecular complexity index is 65.3. The third-order valence-corrected chi connectivity index (χ3v) is 1.36. The Morgan fingerprint density at radius 1 is 1.22 bits per heavy atom. The minimum Gasteiger partial charge on any atom is -0.242 e. The normalized spacial score (nSPS) is 11.3. The van der Waals surface area contributed by atoms with E-state index in [1.54, 1.807) is 0 Å². The predicted molar refractivity (Wildman–Crippen MR) is 39.7 cm³/mol. The Labute approximate surface area is 57.6 Å². The van der Waals surface area contributed by atoms with Crippen LogP contribution in [0.25, 0.3) is 0 Å². The molecule has 0 unspecified atom stereocenters. The van der Waals surface area contributed by atoms with Crippen molar-refractivity contribution in [2.24, 2.45) is 0 Å². The van der Waals surface area contributed by atoms with E-state index in [4.69, 9.17) is 0 Å². The Balaban J connectivity index is 3.32. The second kappa shape index (κ2) is 4.73. The van der Waals surface area contributed by atoms with E-state index >= 15 is 0 Å². The van der Waals surface area contributed by atoms with Crippen LogP contribution < -0.4 is 5.43 Å². The predicted octanol–water partition coefficient (Wildman–Crippen LogP) is 0.309. The van der Waals surface area contributed by atoms with Gasteiger partial charge in [0.1, 0.15) is 0 Å². The van der Waals surface area contributed by atoms with Crippen LogP contribution in [0.3, 0.4) is 0 Å². The molecule has 0 atom stereocenters. The molecule has 0 aromatic rings. The van der Waals surface area contributed by atoms with Crippen LogP contribution in [0.5, 0.6) is 0 Å². The molecule has 3 heteroatoms. The first-order valence-electron chi connectivity index (χ1n) is 3.40. The largest absolute Gasteiger partial charge is 0.242 e. The van der Waals surface area contributed by atoms with Gasteiger partial charge in [-0.25, -0.2) is 10.4 Å². The first-order valence-corrected chi connectivity index (χ1v) is 3.40. The van der Waals surface area contributed by atoms with E-state index < -0.39 is 0 Å². The minimum absolute atomic E-state index is 0.973. The fourth-order valence-electron chi connectivity index (χ4n) is 0.562. The van der Waals surface area contributed by atoms with Gasteiger partial charge in [0, 0.05) is 27.2 Å². The summed E-state index contributed by atoms with van der Waals surface area (Å²) >= 11 is 0. The van der Waals surface area contributed by atoms with Crippen LogP contribution in [-0.4, -0.2) is 37.3 Å². The summed E-state index contributed by atoms with van der Waals surface area (Å²) in [7, 11) is 4.05. The van der Waals surface area contributed by atoms with Crippen molar-refractivity contribution in [2.75, 3.05) is 27.2 Å². The molecule has 0 aliphatic rings. The summed E-state index contributed by atoms with van der Waals surface area (Å²) < 4.78 is 0. The van der Waals surface area contributed by atoms with Crippen molar-refractivity contribution in [1.82, 2.24) is 15.6 Å². The summed E-state index contributed by atoms with van der Waals surface area (Å²) in [4.78, 5) is 0. The molecule has 0 spiro atoms. The molecule has 0 heterocycles. The van der Waals surface area contributed by atoms with Crippen molar-refractivity contribution in [3.05, 3.63) is 0 Å². The van der Waals surface area contributed by atoms with Gasteiger partial charge in [0.25, 0.3) is 0 Å². The van der Waals surface area contributed by atoms with Gasteiger partial charge in [0.05, 0.1) is 0 Å². The Kier molecular flexibility index (Phi) is 4.67. The first kappa shape index (κ1) is 8.88. The van der Waals surface area contributed by atoms with Gasteiger partial charge < -0.3 is 0 Å². The summed E-state index contributed by atoms with van der Waals surface area (Å²) in [5, 5.41) is 4.09. The number of hydrogen-bond donors (Lipinski definition) is 1. The Hall–Kier alpha value is -0.120. The van der Waals surface area contributed by atoms with Crippen LogP contribution in [0.1, 0.15) is 13.8 Å². The van der Waals surface area contributed by atoms with Crippen LogP contribution >= 0.6 is 0 Å². The molecule has 0 radical (unpaired) electrons. The molecule has 0 aliphatic heterocycles. The molecular formula is C6H17N3. The van der Waals surface area contributed by atoms with Gasteiger partial charge in [-0.3, -0.25) is 0 Å².